The molecular weight excluding hydrogens is 380 g/mol. The topological polar surface area (TPSA) is 41.6 Å². The van der Waals surface area contributed by atoms with Crippen LogP contribution in [0.1, 0.15) is 55.2 Å². The van der Waals surface area contributed by atoms with E-state index >= 15 is 0 Å². The molecule has 4 rings (SSSR count). The van der Waals surface area contributed by atoms with Crippen LogP contribution >= 0.6 is 11.3 Å². The molecule has 0 spiro atoms. The number of anilines is 1. The highest BCUT2D eigenvalue weighted by molar-refractivity contribution is 7.17. The summed E-state index contributed by atoms with van der Waals surface area (Å²) >= 11 is 1.69. The third kappa shape index (κ3) is 4.57. The van der Waals surface area contributed by atoms with Crippen molar-refractivity contribution in [1.29, 1.82) is 0 Å². The van der Waals surface area contributed by atoms with Crippen molar-refractivity contribution in [3.8, 4) is 0 Å². The average Bonchev–Trinajstić information content (AvgIpc) is 2.96. The van der Waals surface area contributed by atoms with Gasteiger partial charge < -0.3 is 9.64 Å². The molecule has 2 heterocycles. The number of hydrogen-bond donors (Lipinski definition) is 1. The average molecular weight is 411 g/mol. The number of aryl methyl sites for hydroxylation is 2. The SMILES string of the molecule is CN1CCC(=C2c3ccccc3CCc3cc(NC(=O)OC(C)(C)C)sc32)CC1. The molecule has 0 saturated carbocycles. The van der Waals surface area contributed by atoms with Crippen molar-refractivity contribution in [1.82, 2.24) is 4.90 Å². The van der Waals surface area contributed by atoms with E-state index in [-0.39, 0.29) is 6.09 Å². The highest BCUT2D eigenvalue weighted by atomic mass is 32.1. The van der Waals surface area contributed by atoms with Gasteiger partial charge in [-0.1, -0.05) is 29.8 Å². The van der Waals surface area contributed by atoms with Gasteiger partial charge in [-0.05, 0) is 81.8 Å². The van der Waals surface area contributed by atoms with E-state index in [2.05, 4.69) is 47.6 Å². The molecule has 154 valence electrons. The van der Waals surface area contributed by atoms with Gasteiger partial charge in [-0.3, -0.25) is 5.32 Å². The molecular formula is C24H30N2O2S. The molecule has 0 bridgehead atoms. The fourth-order valence-corrected chi connectivity index (χ4v) is 5.36. The summed E-state index contributed by atoms with van der Waals surface area (Å²) in [7, 11) is 2.20. The van der Waals surface area contributed by atoms with E-state index in [1.165, 1.54) is 27.1 Å². The van der Waals surface area contributed by atoms with Crippen LogP contribution in [0, 0.1) is 0 Å². The maximum absolute atomic E-state index is 12.3. The van der Waals surface area contributed by atoms with E-state index in [0.29, 0.717) is 0 Å². The van der Waals surface area contributed by atoms with Crippen molar-refractivity contribution >= 4 is 28.0 Å². The number of thiophene rings is 1. The molecule has 2 aliphatic rings. The number of rotatable bonds is 1. The van der Waals surface area contributed by atoms with Crippen molar-refractivity contribution in [2.45, 2.75) is 52.1 Å². The molecule has 1 N–H and O–H groups in total. The number of benzene rings is 1. The smallest absolute Gasteiger partial charge is 0.412 e. The van der Waals surface area contributed by atoms with Gasteiger partial charge in [0.15, 0.2) is 0 Å². The Hall–Kier alpha value is -2.11. The van der Waals surface area contributed by atoms with Crippen molar-refractivity contribution in [3.63, 3.8) is 0 Å². The van der Waals surface area contributed by atoms with Gasteiger partial charge in [0.25, 0.3) is 0 Å². The van der Waals surface area contributed by atoms with Crippen molar-refractivity contribution in [3.05, 3.63) is 57.5 Å². The summed E-state index contributed by atoms with van der Waals surface area (Å²) < 4.78 is 5.45. The molecule has 29 heavy (non-hydrogen) atoms. The van der Waals surface area contributed by atoms with Gasteiger partial charge in [-0.15, -0.1) is 11.3 Å². The molecule has 1 aliphatic heterocycles. The molecule has 5 heteroatoms. The number of likely N-dealkylation sites (tertiary alicyclic amines) is 1. The maximum atomic E-state index is 12.3. The molecule has 4 nitrogen and oxygen atoms in total. The minimum atomic E-state index is -0.501. The fourth-order valence-electron chi connectivity index (χ4n) is 4.16. The minimum absolute atomic E-state index is 0.386. The first kappa shape index (κ1) is 20.2. The predicted molar refractivity (Wildman–Crippen MR) is 121 cm³/mol. The van der Waals surface area contributed by atoms with Crippen molar-refractivity contribution < 1.29 is 9.53 Å². The molecule has 0 atom stereocenters. The summed E-state index contributed by atoms with van der Waals surface area (Å²) in [6.07, 6.45) is 3.85. The molecule has 1 fully saturated rings. The van der Waals surface area contributed by atoms with Crippen LogP contribution < -0.4 is 5.32 Å². The zero-order valence-electron chi connectivity index (χ0n) is 17.8. The zero-order valence-corrected chi connectivity index (χ0v) is 18.6. The quantitative estimate of drug-likeness (QED) is 0.654. The molecule has 1 aromatic carbocycles. The van der Waals surface area contributed by atoms with Gasteiger partial charge in [0.2, 0.25) is 0 Å². The standard InChI is InChI=1S/C24H30N2O2S/c1-24(2,3)28-23(27)25-20-15-18-10-9-16-7-5-6-8-19(16)21(22(18)29-20)17-11-13-26(4)14-12-17/h5-8,15H,9-14H2,1-4H3,(H,25,27). The van der Waals surface area contributed by atoms with E-state index in [0.717, 1.165) is 43.8 Å². The second kappa shape index (κ2) is 7.96. The lowest BCUT2D eigenvalue weighted by atomic mass is 9.90. The molecule has 0 radical (unpaired) electrons. The number of carbonyl (C=O) groups excluding carboxylic acids is 1. The van der Waals surface area contributed by atoms with Crippen LogP contribution in [-0.4, -0.2) is 36.7 Å². The van der Waals surface area contributed by atoms with Crippen LogP contribution in [0.3, 0.4) is 0 Å². The zero-order chi connectivity index (χ0) is 20.6. The van der Waals surface area contributed by atoms with Crippen LogP contribution in [0.5, 0.6) is 0 Å². The Balaban J connectivity index is 1.73. The molecule has 2 aromatic rings. The highest BCUT2D eigenvalue weighted by Crippen LogP contribution is 2.43. The molecule has 1 amide bonds. The van der Waals surface area contributed by atoms with Crippen LogP contribution in [0.15, 0.2) is 35.9 Å². The largest absolute Gasteiger partial charge is 0.444 e. The first-order valence-electron chi connectivity index (χ1n) is 10.4. The number of fused-ring (bicyclic) bond motifs is 2. The Labute approximate surface area is 177 Å². The van der Waals surface area contributed by atoms with E-state index < -0.39 is 5.60 Å². The molecule has 1 aromatic heterocycles. The maximum Gasteiger partial charge on any atom is 0.412 e. The summed E-state index contributed by atoms with van der Waals surface area (Å²) in [6, 6.07) is 11.0. The Kier molecular flexibility index (Phi) is 5.54. The number of nitrogens with zero attached hydrogens (tertiary/aromatic N) is 1. The van der Waals surface area contributed by atoms with Gasteiger partial charge in [0, 0.05) is 18.0 Å². The van der Waals surface area contributed by atoms with Gasteiger partial charge >= 0.3 is 6.09 Å². The van der Waals surface area contributed by atoms with Gasteiger partial charge in [0.05, 0.1) is 5.00 Å². The second-order valence-corrected chi connectivity index (χ2v) is 10.1. The van der Waals surface area contributed by atoms with E-state index in [9.17, 15) is 4.79 Å². The Morgan fingerprint density at radius 2 is 1.76 bits per heavy atom. The van der Waals surface area contributed by atoms with E-state index in [1.54, 1.807) is 16.9 Å². The molecule has 1 aliphatic carbocycles. The second-order valence-electron chi connectivity index (χ2n) is 9.03. The number of carbonyl (C=O) groups is 1. The number of amides is 1. The Bertz CT molecular complexity index is 942. The third-order valence-electron chi connectivity index (χ3n) is 5.55. The lowest BCUT2D eigenvalue weighted by Crippen LogP contribution is -2.27. The number of piperidine rings is 1. The number of ether oxygens (including phenoxy) is 1. The normalized spacial score (nSPS) is 17.4. The Morgan fingerprint density at radius 3 is 2.48 bits per heavy atom. The monoisotopic (exact) mass is 410 g/mol. The van der Waals surface area contributed by atoms with E-state index in [4.69, 9.17) is 4.74 Å². The van der Waals surface area contributed by atoms with E-state index in [1.807, 2.05) is 20.8 Å². The number of nitrogens with one attached hydrogen (secondary N) is 1. The van der Waals surface area contributed by atoms with Gasteiger partial charge in [-0.25, -0.2) is 4.79 Å². The lowest BCUT2D eigenvalue weighted by molar-refractivity contribution is 0.0636. The summed E-state index contributed by atoms with van der Waals surface area (Å²) in [5.41, 5.74) is 6.58. The first-order valence-corrected chi connectivity index (χ1v) is 11.2. The van der Waals surface area contributed by atoms with Crippen LogP contribution in [0.4, 0.5) is 9.80 Å². The Morgan fingerprint density at radius 1 is 1.07 bits per heavy atom. The highest BCUT2D eigenvalue weighted by Gasteiger charge is 2.26. The van der Waals surface area contributed by atoms with Gasteiger partial charge in [-0.2, -0.15) is 0 Å². The molecule has 1 saturated heterocycles. The summed E-state index contributed by atoms with van der Waals surface area (Å²) in [5, 5.41) is 3.83. The summed E-state index contributed by atoms with van der Waals surface area (Å²) in [6.45, 7) is 7.86. The number of hydrogen-bond acceptors (Lipinski definition) is 4. The van der Waals surface area contributed by atoms with Crippen LogP contribution in [0.2, 0.25) is 0 Å². The fraction of sp³-hybridized carbons (Fsp3) is 0.458. The van der Waals surface area contributed by atoms with Crippen molar-refractivity contribution in [2.24, 2.45) is 0 Å². The molecule has 0 unspecified atom stereocenters. The third-order valence-corrected chi connectivity index (χ3v) is 6.66. The lowest BCUT2D eigenvalue weighted by Gasteiger charge is -2.27. The summed E-state index contributed by atoms with van der Waals surface area (Å²) in [5.74, 6) is 0. The predicted octanol–water partition coefficient (Wildman–Crippen LogP) is 5.72. The minimum Gasteiger partial charge on any atom is -0.444 e. The van der Waals surface area contributed by atoms with Crippen LogP contribution in [-0.2, 0) is 17.6 Å². The van der Waals surface area contributed by atoms with Gasteiger partial charge in [0.1, 0.15) is 5.60 Å². The summed E-state index contributed by atoms with van der Waals surface area (Å²) in [4.78, 5) is 16.0. The van der Waals surface area contributed by atoms with Crippen LogP contribution in [0.25, 0.3) is 5.57 Å². The first-order chi connectivity index (χ1) is 13.8. The van der Waals surface area contributed by atoms with Crippen molar-refractivity contribution in [2.75, 3.05) is 25.5 Å².